The Morgan fingerprint density at radius 1 is 1.33 bits per heavy atom. The van der Waals surface area contributed by atoms with Crippen LogP contribution >= 0.6 is 11.8 Å². The van der Waals surface area contributed by atoms with Crippen LogP contribution in [0.4, 0.5) is 0 Å². The molecule has 2 heterocycles. The quantitative estimate of drug-likeness (QED) is 0.723. The third-order valence-corrected chi connectivity index (χ3v) is 3.98. The van der Waals surface area contributed by atoms with E-state index in [2.05, 4.69) is 21.0 Å². The zero-order valence-corrected chi connectivity index (χ0v) is 12.1. The van der Waals surface area contributed by atoms with Crippen molar-refractivity contribution in [2.24, 2.45) is 0 Å². The van der Waals surface area contributed by atoms with Crippen LogP contribution in [0.2, 0.25) is 0 Å². The number of fused-ring (bicyclic) bond motifs is 1. The van der Waals surface area contributed by atoms with Gasteiger partial charge in [-0.3, -0.25) is 0 Å². The Bertz CT molecular complexity index is 814. The van der Waals surface area contributed by atoms with Crippen LogP contribution in [0.3, 0.4) is 0 Å². The number of nitrogens with one attached hydrogen (secondary N) is 1. The van der Waals surface area contributed by atoms with Crippen molar-refractivity contribution in [2.75, 3.05) is 0 Å². The first-order valence-corrected chi connectivity index (χ1v) is 7.38. The number of carboxylic acids is 1. The second kappa shape index (κ2) is 5.57. The van der Waals surface area contributed by atoms with Gasteiger partial charge < -0.3 is 10.1 Å². The molecule has 0 radical (unpaired) electrons. The van der Waals surface area contributed by atoms with E-state index >= 15 is 0 Å². The third kappa shape index (κ3) is 3.05. The average molecular weight is 299 g/mol. The monoisotopic (exact) mass is 299 g/mol. The van der Waals surface area contributed by atoms with Crippen LogP contribution in [0.5, 0.6) is 0 Å². The van der Waals surface area contributed by atoms with Crippen molar-refractivity contribution in [3.63, 3.8) is 0 Å². The second-order valence-electron chi connectivity index (χ2n) is 4.71. The van der Waals surface area contributed by atoms with Crippen molar-refractivity contribution in [3.05, 3.63) is 53.3 Å². The van der Waals surface area contributed by atoms with Gasteiger partial charge in [-0.2, -0.15) is 0 Å². The number of benzene rings is 1. The minimum Gasteiger partial charge on any atom is -0.477 e. The number of aromatic nitrogens is 3. The highest BCUT2D eigenvalue weighted by Crippen LogP contribution is 2.23. The molecule has 0 aliphatic carbocycles. The predicted octanol–water partition coefficient (Wildman–Crippen LogP) is 3.26. The van der Waals surface area contributed by atoms with Crippen LogP contribution in [0.15, 0.2) is 41.7 Å². The molecular formula is C15H13N3O2S. The van der Waals surface area contributed by atoms with E-state index in [0.717, 1.165) is 21.8 Å². The van der Waals surface area contributed by atoms with E-state index in [4.69, 9.17) is 5.11 Å². The van der Waals surface area contributed by atoms with Crippen molar-refractivity contribution in [1.29, 1.82) is 0 Å². The number of aryl methyl sites for hydroxylation is 1. The highest BCUT2D eigenvalue weighted by Gasteiger charge is 2.07. The molecule has 0 atom stereocenters. The maximum absolute atomic E-state index is 10.9. The zero-order chi connectivity index (χ0) is 14.8. The number of imidazole rings is 1. The highest BCUT2D eigenvalue weighted by molar-refractivity contribution is 7.98. The molecule has 3 rings (SSSR count). The Kier molecular flexibility index (Phi) is 3.62. The van der Waals surface area contributed by atoms with Gasteiger partial charge in [-0.15, -0.1) is 0 Å². The summed E-state index contributed by atoms with van der Waals surface area (Å²) in [7, 11) is 0. The average Bonchev–Trinajstić information content (AvgIpc) is 2.87. The molecule has 0 unspecified atom stereocenters. The largest absolute Gasteiger partial charge is 0.477 e. The SMILES string of the molecule is Cc1ccc2nc(SCc3ccnc(C(=O)O)c3)[nH]c2c1. The van der Waals surface area contributed by atoms with E-state index in [1.807, 2.05) is 25.1 Å². The molecule has 0 fully saturated rings. The summed E-state index contributed by atoms with van der Waals surface area (Å²) in [5.41, 5.74) is 4.10. The highest BCUT2D eigenvalue weighted by atomic mass is 32.2. The van der Waals surface area contributed by atoms with Gasteiger partial charge in [-0.1, -0.05) is 17.8 Å². The van der Waals surface area contributed by atoms with Crippen LogP contribution in [0, 0.1) is 6.92 Å². The normalized spacial score (nSPS) is 10.9. The van der Waals surface area contributed by atoms with Crippen molar-refractivity contribution in [2.45, 2.75) is 17.8 Å². The van der Waals surface area contributed by atoms with E-state index in [0.29, 0.717) is 5.75 Å². The summed E-state index contributed by atoms with van der Waals surface area (Å²) in [6, 6.07) is 9.47. The van der Waals surface area contributed by atoms with Gasteiger partial charge >= 0.3 is 5.97 Å². The van der Waals surface area contributed by atoms with E-state index in [1.165, 1.54) is 23.5 Å². The van der Waals surface area contributed by atoms with Crippen molar-refractivity contribution < 1.29 is 9.90 Å². The molecule has 1 aromatic carbocycles. The number of carboxylic acid groups (broad SMARTS) is 1. The Morgan fingerprint density at radius 3 is 3.00 bits per heavy atom. The molecular weight excluding hydrogens is 286 g/mol. The number of H-pyrrole nitrogens is 1. The van der Waals surface area contributed by atoms with Crippen LogP contribution in [0.1, 0.15) is 21.6 Å². The Morgan fingerprint density at radius 2 is 2.19 bits per heavy atom. The van der Waals surface area contributed by atoms with Gasteiger partial charge in [-0.05, 0) is 42.3 Å². The number of rotatable bonds is 4. The lowest BCUT2D eigenvalue weighted by Gasteiger charge is -2.00. The third-order valence-electron chi connectivity index (χ3n) is 3.03. The van der Waals surface area contributed by atoms with Crippen LogP contribution in [0.25, 0.3) is 11.0 Å². The molecule has 2 aromatic heterocycles. The van der Waals surface area contributed by atoms with Crippen LogP contribution < -0.4 is 0 Å². The summed E-state index contributed by atoms with van der Waals surface area (Å²) in [6.07, 6.45) is 1.52. The minimum atomic E-state index is -1.01. The molecule has 0 aliphatic rings. The number of hydrogen-bond acceptors (Lipinski definition) is 4. The maximum atomic E-state index is 10.9. The molecule has 0 saturated heterocycles. The fraction of sp³-hybridized carbons (Fsp3) is 0.133. The zero-order valence-electron chi connectivity index (χ0n) is 11.3. The Balaban J connectivity index is 1.77. The van der Waals surface area contributed by atoms with Gasteiger partial charge in [0.2, 0.25) is 0 Å². The van der Waals surface area contributed by atoms with Crippen molar-refractivity contribution >= 4 is 28.8 Å². The lowest BCUT2D eigenvalue weighted by Crippen LogP contribution is -2.00. The first-order chi connectivity index (χ1) is 10.1. The number of aromatic amines is 1. The Labute approximate surface area is 125 Å². The molecule has 3 aromatic rings. The number of thioether (sulfide) groups is 1. The fourth-order valence-corrected chi connectivity index (χ4v) is 2.83. The summed E-state index contributed by atoms with van der Waals surface area (Å²) in [4.78, 5) is 22.5. The number of pyridine rings is 1. The van der Waals surface area contributed by atoms with E-state index in [9.17, 15) is 4.79 Å². The van der Waals surface area contributed by atoms with Crippen molar-refractivity contribution in [3.8, 4) is 0 Å². The first-order valence-electron chi connectivity index (χ1n) is 6.39. The topological polar surface area (TPSA) is 78.9 Å². The molecule has 0 bridgehead atoms. The molecule has 2 N–H and O–H groups in total. The summed E-state index contributed by atoms with van der Waals surface area (Å²) < 4.78 is 0. The fourth-order valence-electron chi connectivity index (χ4n) is 2.00. The summed E-state index contributed by atoms with van der Waals surface area (Å²) in [5.74, 6) is -0.372. The molecule has 6 heteroatoms. The standard InChI is InChI=1S/C15H13N3O2S/c1-9-2-3-11-12(6-9)18-15(17-11)21-8-10-4-5-16-13(7-10)14(19)20/h2-7H,8H2,1H3,(H,17,18)(H,19,20). The molecule has 0 spiro atoms. The maximum Gasteiger partial charge on any atom is 0.354 e. The van der Waals surface area contributed by atoms with Gasteiger partial charge in [0.1, 0.15) is 5.69 Å². The number of hydrogen-bond donors (Lipinski definition) is 2. The van der Waals surface area contributed by atoms with E-state index < -0.39 is 5.97 Å². The number of aromatic carboxylic acids is 1. The molecule has 0 aliphatic heterocycles. The van der Waals surface area contributed by atoms with Crippen molar-refractivity contribution in [1.82, 2.24) is 15.0 Å². The van der Waals surface area contributed by atoms with Gasteiger partial charge in [0.25, 0.3) is 0 Å². The lowest BCUT2D eigenvalue weighted by molar-refractivity contribution is 0.0690. The number of carbonyl (C=O) groups is 1. The molecule has 5 nitrogen and oxygen atoms in total. The van der Waals surface area contributed by atoms with Gasteiger partial charge in [0, 0.05) is 11.9 Å². The second-order valence-corrected chi connectivity index (χ2v) is 5.67. The van der Waals surface area contributed by atoms with Crippen LogP contribution in [-0.2, 0) is 5.75 Å². The Hall–Kier alpha value is -2.34. The summed E-state index contributed by atoms with van der Waals surface area (Å²) >= 11 is 1.54. The van der Waals surface area contributed by atoms with Gasteiger partial charge in [0.05, 0.1) is 11.0 Å². The molecule has 106 valence electrons. The molecule has 0 amide bonds. The number of nitrogens with zero attached hydrogens (tertiary/aromatic N) is 2. The predicted molar refractivity (Wildman–Crippen MR) is 81.6 cm³/mol. The molecule has 0 saturated carbocycles. The lowest BCUT2D eigenvalue weighted by atomic mass is 10.2. The smallest absolute Gasteiger partial charge is 0.354 e. The summed E-state index contributed by atoms with van der Waals surface area (Å²) in [6.45, 7) is 2.04. The van der Waals surface area contributed by atoms with Crippen LogP contribution in [-0.4, -0.2) is 26.0 Å². The van der Waals surface area contributed by atoms with Gasteiger partial charge in [-0.25, -0.2) is 14.8 Å². The minimum absolute atomic E-state index is 0.0633. The first kappa shape index (κ1) is 13.6. The molecule has 21 heavy (non-hydrogen) atoms. The summed E-state index contributed by atoms with van der Waals surface area (Å²) in [5, 5.41) is 9.75. The van der Waals surface area contributed by atoms with E-state index in [1.54, 1.807) is 6.07 Å². The van der Waals surface area contributed by atoms with Gasteiger partial charge in [0.15, 0.2) is 5.16 Å². The van der Waals surface area contributed by atoms with E-state index in [-0.39, 0.29) is 5.69 Å².